The van der Waals surface area contributed by atoms with Crippen molar-refractivity contribution in [1.29, 1.82) is 0 Å². The van der Waals surface area contributed by atoms with Gasteiger partial charge in [-0.15, -0.1) is 0 Å². The molecule has 1 N–H and O–H groups in total. The zero-order chi connectivity index (χ0) is 21.5. The molecule has 2 aliphatic heterocycles. The van der Waals surface area contributed by atoms with Crippen molar-refractivity contribution >= 4 is 6.03 Å². The first-order valence-corrected chi connectivity index (χ1v) is 11.0. The highest BCUT2D eigenvalue weighted by Crippen LogP contribution is 2.25. The standard InChI is InChI=1S/C22H29FN4O4/c23-18-3-1-16(2-4-18)15-24-22(28)27-10-5-19(6-11-27)30-14-9-20-25-21(31-26-20)17-7-12-29-13-8-17/h1-4,17,19H,5-15H2,(H,24,28). The Kier molecular flexibility index (Phi) is 7.48. The lowest BCUT2D eigenvalue weighted by Gasteiger charge is -2.32. The topological polar surface area (TPSA) is 89.7 Å². The number of aromatic nitrogens is 2. The maximum Gasteiger partial charge on any atom is 0.317 e. The number of ether oxygens (including phenoxy) is 2. The van der Waals surface area contributed by atoms with Crippen molar-refractivity contribution in [1.82, 2.24) is 20.4 Å². The first-order valence-electron chi connectivity index (χ1n) is 11.0. The van der Waals surface area contributed by atoms with E-state index in [0.717, 1.165) is 44.5 Å². The Morgan fingerprint density at radius 1 is 1.16 bits per heavy atom. The summed E-state index contributed by atoms with van der Waals surface area (Å²) in [5.41, 5.74) is 0.870. The predicted octanol–water partition coefficient (Wildman–Crippen LogP) is 3.04. The van der Waals surface area contributed by atoms with Crippen LogP contribution in [0.5, 0.6) is 0 Å². The van der Waals surface area contributed by atoms with Crippen molar-refractivity contribution in [3.05, 3.63) is 47.4 Å². The lowest BCUT2D eigenvalue weighted by Crippen LogP contribution is -2.45. The molecule has 2 aromatic rings. The van der Waals surface area contributed by atoms with Gasteiger partial charge < -0.3 is 24.2 Å². The summed E-state index contributed by atoms with van der Waals surface area (Å²) in [7, 11) is 0. The van der Waals surface area contributed by atoms with E-state index in [4.69, 9.17) is 14.0 Å². The highest BCUT2D eigenvalue weighted by atomic mass is 19.1. The number of carbonyl (C=O) groups is 1. The quantitative estimate of drug-likeness (QED) is 0.723. The van der Waals surface area contributed by atoms with Crippen LogP contribution in [0.1, 0.15) is 48.9 Å². The fraction of sp³-hybridized carbons (Fsp3) is 0.591. The summed E-state index contributed by atoms with van der Waals surface area (Å²) < 4.78 is 29.7. The smallest absolute Gasteiger partial charge is 0.317 e. The van der Waals surface area contributed by atoms with Gasteiger partial charge in [0.25, 0.3) is 0 Å². The number of halogens is 1. The minimum absolute atomic E-state index is 0.102. The summed E-state index contributed by atoms with van der Waals surface area (Å²) in [4.78, 5) is 18.6. The van der Waals surface area contributed by atoms with Crippen LogP contribution in [0.4, 0.5) is 9.18 Å². The van der Waals surface area contributed by atoms with Crippen LogP contribution in [0, 0.1) is 5.82 Å². The number of hydrogen-bond acceptors (Lipinski definition) is 6. The number of likely N-dealkylation sites (tertiary alicyclic amines) is 1. The van der Waals surface area contributed by atoms with E-state index < -0.39 is 0 Å². The van der Waals surface area contributed by atoms with E-state index in [1.165, 1.54) is 12.1 Å². The van der Waals surface area contributed by atoms with E-state index >= 15 is 0 Å². The minimum atomic E-state index is -0.281. The van der Waals surface area contributed by atoms with E-state index in [0.29, 0.717) is 50.3 Å². The first-order chi connectivity index (χ1) is 15.2. The molecular weight excluding hydrogens is 403 g/mol. The molecule has 31 heavy (non-hydrogen) atoms. The minimum Gasteiger partial charge on any atom is -0.381 e. The zero-order valence-electron chi connectivity index (χ0n) is 17.6. The Morgan fingerprint density at radius 2 is 1.90 bits per heavy atom. The van der Waals surface area contributed by atoms with E-state index in [9.17, 15) is 9.18 Å². The summed E-state index contributed by atoms with van der Waals surface area (Å²) in [6, 6.07) is 6.03. The fourth-order valence-electron chi connectivity index (χ4n) is 3.91. The van der Waals surface area contributed by atoms with Gasteiger partial charge >= 0.3 is 6.03 Å². The second kappa shape index (κ2) is 10.7. The molecule has 0 saturated carbocycles. The van der Waals surface area contributed by atoms with Crippen molar-refractivity contribution in [3.8, 4) is 0 Å². The van der Waals surface area contributed by atoms with Gasteiger partial charge in [-0.2, -0.15) is 4.98 Å². The second-order valence-corrected chi connectivity index (χ2v) is 8.03. The Hall–Kier alpha value is -2.52. The van der Waals surface area contributed by atoms with E-state index in [1.807, 2.05) is 0 Å². The first kappa shape index (κ1) is 21.7. The molecule has 2 saturated heterocycles. The Labute approximate surface area is 181 Å². The number of nitrogens with one attached hydrogen (secondary N) is 1. The summed E-state index contributed by atoms with van der Waals surface area (Å²) in [5.74, 6) is 1.41. The molecular formula is C22H29FN4O4. The second-order valence-electron chi connectivity index (χ2n) is 8.03. The third-order valence-electron chi connectivity index (χ3n) is 5.82. The van der Waals surface area contributed by atoms with Gasteiger partial charge in [-0.25, -0.2) is 9.18 Å². The van der Waals surface area contributed by atoms with Crippen molar-refractivity contribution in [2.45, 2.75) is 50.7 Å². The summed E-state index contributed by atoms with van der Waals surface area (Å²) in [5, 5.41) is 6.96. The zero-order valence-corrected chi connectivity index (χ0v) is 17.6. The van der Waals surface area contributed by atoms with Crippen molar-refractivity contribution < 1.29 is 23.2 Å². The fourth-order valence-corrected chi connectivity index (χ4v) is 3.91. The lowest BCUT2D eigenvalue weighted by atomic mass is 10.0. The largest absolute Gasteiger partial charge is 0.381 e. The lowest BCUT2D eigenvalue weighted by molar-refractivity contribution is 0.0157. The van der Waals surface area contributed by atoms with Gasteiger partial charge in [0, 0.05) is 45.2 Å². The van der Waals surface area contributed by atoms with Gasteiger partial charge in [0.1, 0.15) is 5.82 Å². The van der Waals surface area contributed by atoms with Gasteiger partial charge in [-0.3, -0.25) is 0 Å². The average molecular weight is 432 g/mol. The maximum absolute atomic E-state index is 13.0. The molecule has 4 rings (SSSR count). The Balaban J connectivity index is 1.12. The Bertz CT molecular complexity index is 830. The maximum atomic E-state index is 13.0. The predicted molar refractivity (Wildman–Crippen MR) is 110 cm³/mol. The van der Waals surface area contributed by atoms with Crippen LogP contribution in [0.2, 0.25) is 0 Å². The van der Waals surface area contributed by atoms with E-state index in [1.54, 1.807) is 17.0 Å². The normalized spacial score (nSPS) is 18.3. The summed E-state index contributed by atoms with van der Waals surface area (Å²) >= 11 is 0. The molecule has 9 heteroatoms. The third-order valence-corrected chi connectivity index (χ3v) is 5.82. The van der Waals surface area contributed by atoms with E-state index in [2.05, 4.69) is 15.5 Å². The molecule has 2 amide bonds. The van der Waals surface area contributed by atoms with Gasteiger partial charge in [0.05, 0.1) is 12.7 Å². The summed E-state index contributed by atoms with van der Waals surface area (Å²) in [6.45, 7) is 3.71. The van der Waals surface area contributed by atoms with Crippen LogP contribution in [-0.2, 0) is 22.4 Å². The van der Waals surface area contributed by atoms with Crippen LogP contribution in [-0.4, -0.2) is 60.1 Å². The summed E-state index contributed by atoms with van der Waals surface area (Å²) in [6.07, 6.45) is 4.18. The number of amides is 2. The molecule has 0 bridgehead atoms. The number of benzene rings is 1. The number of piperidine rings is 1. The highest BCUT2D eigenvalue weighted by molar-refractivity contribution is 5.74. The molecule has 0 spiro atoms. The molecule has 0 radical (unpaired) electrons. The van der Waals surface area contributed by atoms with Crippen molar-refractivity contribution in [3.63, 3.8) is 0 Å². The number of carbonyl (C=O) groups excluding carboxylic acids is 1. The molecule has 8 nitrogen and oxygen atoms in total. The van der Waals surface area contributed by atoms with Crippen LogP contribution in [0.3, 0.4) is 0 Å². The van der Waals surface area contributed by atoms with Crippen LogP contribution >= 0.6 is 0 Å². The number of nitrogens with zero attached hydrogens (tertiary/aromatic N) is 3. The van der Waals surface area contributed by atoms with Crippen molar-refractivity contribution in [2.24, 2.45) is 0 Å². The molecule has 3 heterocycles. The molecule has 2 fully saturated rings. The molecule has 168 valence electrons. The molecule has 0 aliphatic carbocycles. The van der Waals surface area contributed by atoms with Gasteiger partial charge in [0.2, 0.25) is 5.89 Å². The van der Waals surface area contributed by atoms with Gasteiger partial charge in [-0.1, -0.05) is 17.3 Å². The third kappa shape index (κ3) is 6.24. The number of urea groups is 1. The van der Waals surface area contributed by atoms with Gasteiger partial charge in [-0.05, 0) is 43.4 Å². The Morgan fingerprint density at radius 3 is 2.65 bits per heavy atom. The number of hydrogen-bond donors (Lipinski definition) is 1. The molecule has 0 atom stereocenters. The van der Waals surface area contributed by atoms with Gasteiger partial charge in [0.15, 0.2) is 5.82 Å². The highest BCUT2D eigenvalue weighted by Gasteiger charge is 2.24. The van der Waals surface area contributed by atoms with E-state index in [-0.39, 0.29) is 18.0 Å². The van der Waals surface area contributed by atoms with Crippen LogP contribution in [0.15, 0.2) is 28.8 Å². The number of rotatable bonds is 7. The monoisotopic (exact) mass is 432 g/mol. The molecule has 1 aromatic carbocycles. The van der Waals surface area contributed by atoms with Crippen molar-refractivity contribution in [2.75, 3.05) is 32.9 Å². The van der Waals surface area contributed by atoms with Crippen LogP contribution in [0.25, 0.3) is 0 Å². The van der Waals surface area contributed by atoms with Crippen LogP contribution < -0.4 is 5.32 Å². The molecule has 1 aromatic heterocycles. The molecule has 0 unspecified atom stereocenters. The average Bonchev–Trinajstić information content (AvgIpc) is 3.28. The molecule has 2 aliphatic rings. The SMILES string of the molecule is O=C(NCc1ccc(F)cc1)N1CCC(OCCc2noc(C3CCOCC3)n2)CC1.